The summed E-state index contributed by atoms with van der Waals surface area (Å²) in [4.78, 5) is 107. The predicted molar refractivity (Wildman–Crippen MR) is 469 cm³/mol. The number of aromatic amines is 3. The summed E-state index contributed by atoms with van der Waals surface area (Å²) in [7, 11) is -5.55. The molecule has 616 valence electrons. The molecule has 116 heavy (non-hydrogen) atoms. The van der Waals surface area contributed by atoms with Crippen molar-refractivity contribution in [3.05, 3.63) is 266 Å². The Morgan fingerprint density at radius 1 is 0.552 bits per heavy atom. The van der Waals surface area contributed by atoms with Crippen molar-refractivity contribution in [1.29, 1.82) is 0 Å². The normalized spacial score (nSPS) is 14.6. The molecule has 0 spiro atoms. The van der Waals surface area contributed by atoms with Crippen LogP contribution in [0.25, 0.3) is 43.6 Å². The third-order valence-electron chi connectivity index (χ3n) is 19.0. The molecular formula is C84H95Cl2IN10O16S3. The lowest BCUT2D eigenvalue weighted by atomic mass is 10.1. The van der Waals surface area contributed by atoms with Gasteiger partial charge in [0.15, 0.2) is 18.9 Å². The fourth-order valence-corrected chi connectivity index (χ4v) is 15.4. The van der Waals surface area contributed by atoms with E-state index in [0.29, 0.717) is 79.6 Å². The summed E-state index contributed by atoms with van der Waals surface area (Å²) in [6.07, 6.45) is 13.6. The van der Waals surface area contributed by atoms with Gasteiger partial charge in [0.25, 0.3) is 37.0 Å². The van der Waals surface area contributed by atoms with Crippen molar-refractivity contribution in [2.45, 2.75) is 164 Å². The second-order valence-electron chi connectivity index (χ2n) is 29.6. The third-order valence-corrected chi connectivity index (χ3v) is 24.9. The van der Waals surface area contributed by atoms with Crippen LogP contribution < -0.4 is 48.5 Å². The van der Waals surface area contributed by atoms with Crippen LogP contribution in [0, 0.1) is 49.6 Å². The maximum Gasteiger partial charge on any atom is 0.279 e. The second-order valence-corrected chi connectivity index (χ2v) is 36.5. The highest BCUT2D eigenvalue weighted by Gasteiger charge is 2.42. The molecule has 16 rings (SSSR count). The van der Waals surface area contributed by atoms with E-state index in [1.807, 2.05) is 51.1 Å². The van der Waals surface area contributed by atoms with Crippen LogP contribution in [0.15, 0.2) is 210 Å². The van der Waals surface area contributed by atoms with Crippen molar-refractivity contribution < 1.29 is 49.4 Å². The zero-order valence-corrected chi connectivity index (χ0v) is 71.5. The van der Waals surface area contributed by atoms with E-state index in [1.165, 1.54) is 72.6 Å². The summed E-state index contributed by atoms with van der Waals surface area (Å²) >= 11 is 2.44. The van der Waals surface area contributed by atoms with Crippen molar-refractivity contribution >= 4 is 160 Å². The molecule has 1 amide bonds. The number of nitrogen functional groups attached to an aromatic ring is 1. The number of hydrogen-bond donors (Lipinski definition) is 8. The first-order valence-electron chi connectivity index (χ1n) is 36.9. The lowest BCUT2D eigenvalue weighted by Gasteiger charge is -2.15. The number of pyridine rings is 4. The molecule has 7 aromatic carbocycles. The van der Waals surface area contributed by atoms with E-state index < -0.39 is 34.0 Å². The Morgan fingerprint density at radius 3 is 1.38 bits per heavy atom. The maximum atomic E-state index is 12.6. The first-order valence-corrected chi connectivity index (χ1v) is 43.7. The number of amides is 1. The monoisotopic (exact) mass is 1790 g/mol. The Morgan fingerprint density at radius 2 is 0.957 bits per heavy atom. The molecule has 32 heteroatoms. The number of aldehydes is 3. The smallest absolute Gasteiger partial charge is 0.279 e. The molecule has 0 aliphatic heterocycles. The van der Waals surface area contributed by atoms with Gasteiger partial charge in [-0.25, -0.2) is 34.7 Å². The maximum absolute atomic E-state index is 12.6. The molecule has 5 saturated carbocycles. The standard InChI is InChI=1S/C18H22N2O3S.C14H16N2O3S.C10H8ClNO3S.C10H11NO2.C10H9NO.C7H5NO3.C7H7NO.C4H7I.C4H9N.ClH/c1-12-9-14-10-15(24(22,23)19-18(2)7-8-18)5-6-16(14)20(17(12)21)11-13-3-4-13;1-9-7-10-8-11(3-4-12(10)15-13(9)17)20(18,19)16-14(2)5-6-14;1-6-4-7-5-8(16(11,14)15)2-3-9(7)12-10(6)13;1-2-10(13)11-9-6-4-3-5-8(9)7-12;1-7-6-8-4-2-3-5-9(8)11-10(7)12;9-5-6-3-1-2-4-7(6)8(10)11;8-7-4-2-1-3-6(7)5-9;5-3-4-1-2-4;1-4(5)2-3-4;/h5-6,9-10,13,19H,3-4,7-8,11H2,1-2H3;3-4,7-8,16H,5-6H2,1-2H3,(H,15,17);2-5H,1H3,(H,12,13);3-7H,2H2,1H3,(H,11,13);2-6H,1H3,(H,11,12);1-5H;1-5H,8H2;4H,1-3H2;2-3,5H2,1H3;1H. The Bertz CT molecular complexity index is 6040. The van der Waals surface area contributed by atoms with Gasteiger partial charge in [-0.05, 0) is 256 Å². The quantitative estimate of drug-likeness (QED) is 0.00847. The fraction of sp³-hybridized carbons (Fsp3) is 0.310. The number of halogens is 3. The van der Waals surface area contributed by atoms with Crippen LogP contribution in [-0.4, -0.2) is 95.5 Å². The molecule has 0 saturated heterocycles. The number of alkyl halides is 1. The number of anilines is 2. The molecule has 10 N–H and O–H groups in total. The van der Waals surface area contributed by atoms with E-state index in [0.717, 1.165) is 90.9 Å². The number of nitro benzene ring substituents is 1. The number of rotatable bonds is 16. The van der Waals surface area contributed by atoms with Crippen LogP contribution in [0.3, 0.4) is 0 Å². The molecule has 5 aliphatic carbocycles. The number of aromatic nitrogens is 4. The number of nitro groups is 1. The molecule has 0 atom stereocenters. The summed E-state index contributed by atoms with van der Waals surface area (Å²) in [6.45, 7) is 15.3. The highest BCUT2D eigenvalue weighted by atomic mass is 127. The molecule has 0 bridgehead atoms. The van der Waals surface area contributed by atoms with Crippen molar-refractivity contribution in [1.82, 2.24) is 29.0 Å². The lowest BCUT2D eigenvalue weighted by Crippen LogP contribution is -2.34. The van der Waals surface area contributed by atoms with Gasteiger partial charge in [0.05, 0.1) is 36.4 Å². The number of benzene rings is 7. The number of aryl methyl sites for hydroxylation is 4. The van der Waals surface area contributed by atoms with Gasteiger partial charge < -0.3 is 36.3 Å². The number of carbonyl (C=O) groups excluding carboxylic acids is 4. The van der Waals surface area contributed by atoms with Crippen LogP contribution in [0.4, 0.5) is 17.1 Å². The van der Waals surface area contributed by atoms with Gasteiger partial charge in [-0.3, -0.25) is 48.5 Å². The number of sulfonamides is 2. The Balaban J connectivity index is 0.000000186. The molecule has 0 radical (unpaired) electrons. The molecule has 11 aromatic rings. The van der Waals surface area contributed by atoms with Crippen LogP contribution in [0.2, 0.25) is 0 Å². The zero-order valence-electron chi connectivity index (χ0n) is 65.3. The molecular weight excluding hydrogens is 1700 g/mol. The van der Waals surface area contributed by atoms with Crippen molar-refractivity contribution in [2.24, 2.45) is 17.6 Å². The summed E-state index contributed by atoms with van der Waals surface area (Å²) < 4.78 is 80.7. The van der Waals surface area contributed by atoms with Crippen LogP contribution >= 0.6 is 45.7 Å². The molecule has 0 unspecified atom stereocenters. The number of fused-ring (bicyclic) bond motifs is 4. The van der Waals surface area contributed by atoms with E-state index >= 15 is 0 Å². The first kappa shape index (κ1) is 93.3. The Hall–Kier alpha value is -9.90. The van der Waals surface area contributed by atoms with Crippen molar-refractivity contribution in [3.8, 4) is 0 Å². The van der Waals surface area contributed by atoms with Gasteiger partial charge in [0, 0.05) is 112 Å². The summed E-state index contributed by atoms with van der Waals surface area (Å²) in [5.41, 5.74) is 17.7. The minimum Gasteiger partial charge on any atom is -0.398 e. The molecule has 5 aliphatic rings. The van der Waals surface area contributed by atoms with E-state index in [4.69, 9.17) is 22.1 Å². The molecule has 4 heterocycles. The van der Waals surface area contributed by atoms with Crippen molar-refractivity contribution in [3.63, 3.8) is 0 Å². The van der Waals surface area contributed by atoms with Gasteiger partial charge in [0.2, 0.25) is 26.0 Å². The molecule has 5 fully saturated rings. The highest BCUT2D eigenvalue weighted by molar-refractivity contribution is 14.1. The lowest BCUT2D eigenvalue weighted by molar-refractivity contribution is -0.385. The number of nitrogens with zero attached hydrogens (tertiary/aromatic N) is 2. The van der Waals surface area contributed by atoms with Gasteiger partial charge in [-0.15, -0.1) is 12.4 Å². The van der Waals surface area contributed by atoms with E-state index in [-0.39, 0.29) is 83.1 Å². The van der Waals surface area contributed by atoms with E-state index in [1.54, 1.807) is 135 Å². The van der Waals surface area contributed by atoms with Crippen molar-refractivity contribution in [2.75, 3.05) is 15.5 Å². The summed E-state index contributed by atoms with van der Waals surface area (Å²) in [5.74, 6) is 1.61. The van der Waals surface area contributed by atoms with Gasteiger partial charge in [0.1, 0.15) is 0 Å². The predicted octanol–water partition coefficient (Wildman–Crippen LogP) is 14.9. The van der Waals surface area contributed by atoms with Crippen LogP contribution in [0.1, 0.15) is 152 Å². The first-order chi connectivity index (χ1) is 54.2. The number of nitrogens with one attached hydrogen (secondary N) is 6. The largest absolute Gasteiger partial charge is 0.398 e. The summed E-state index contributed by atoms with van der Waals surface area (Å²) in [6, 6.07) is 48.5. The topological polar surface area (TPSA) is 423 Å². The third kappa shape index (κ3) is 28.2. The fourth-order valence-electron chi connectivity index (χ4n) is 10.7. The van der Waals surface area contributed by atoms with Crippen LogP contribution in [-0.2, 0) is 40.4 Å². The van der Waals surface area contributed by atoms with Gasteiger partial charge in [-0.2, -0.15) is 0 Å². The van der Waals surface area contributed by atoms with E-state index in [9.17, 15) is 73.7 Å². The average molecular weight is 1790 g/mol. The van der Waals surface area contributed by atoms with Gasteiger partial charge >= 0.3 is 0 Å². The zero-order chi connectivity index (χ0) is 84.4. The number of carbonyl (C=O) groups is 4. The Kier molecular flexibility index (Phi) is 32.8. The Labute approximate surface area is 696 Å². The number of nitrogens with two attached hydrogens (primary N) is 2. The highest BCUT2D eigenvalue weighted by Crippen LogP contribution is 2.38. The average Bonchev–Trinajstić information content (AvgIpc) is 1.41. The number of H-pyrrole nitrogens is 3. The minimum absolute atomic E-state index is 0. The summed E-state index contributed by atoms with van der Waals surface area (Å²) in [5, 5.41) is 16.1. The second kappa shape index (κ2) is 40.8. The van der Waals surface area contributed by atoms with Crippen LogP contribution in [0.5, 0.6) is 0 Å². The minimum atomic E-state index is -3.74. The number of para-hydroxylation sites is 4. The van der Waals surface area contributed by atoms with E-state index in [2.05, 4.69) is 59.2 Å². The molecule has 26 nitrogen and oxygen atoms in total. The van der Waals surface area contributed by atoms with Gasteiger partial charge in [-0.1, -0.05) is 84.1 Å². The SMILES string of the molecule is CC1(N)CC1.CCC(=O)Nc1ccccc1C=O.Cc1cc2cc(S(=O)(=O)Cl)ccc2[nH]c1=O.Cc1cc2cc(S(=O)(=O)NC3(C)CC3)ccc2[nH]c1=O.Cc1cc2cc(S(=O)(=O)NC3(C)CC3)ccc2n(CC2CC2)c1=O.Cc1cc2ccccc2[nH]c1=O.Cl.ICC1CC1.Nc1ccccc1C=O.O=Cc1ccccc1[N+](=O)[O-]. The molecule has 4 aromatic heterocycles. The number of hydrogen-bond acceptors (Lipinski definition) is 18.